The Labute approximate surface area is 164 Å². The van der Waals surface area contributed by atoms with Gasteiger partial charge < -0.3 is 5.73 Å². The van der Waals surface area contributed by atoms with Crippen LogP contribution >= 0.6 is 12.4 Å². The second-order valence-corrected chi connectivity index (χ2v) is 8.54. The lowest BCUT2D eigenvalue weighted by atomic mass is 9.95. The smallest absolute Gasteiger partial charge is 0.270 e. The van der Waals surface area contributed by atoms with Gasteiger partial charge in [-0.05, 0) is 30.5 Å². The third kappa shape index (κ3) is 3.98. The molecule has 2 N–H and O–H groups in total. The van der Waals surface area contributed by atoms with E-state index >= 15 is 0 Å². The van der Waals surface area contributed by atoms with Crippen molar-refractivity contribution in [3.63, 3.8) is 0 Å². The van der Waals surface area contributed by atoms with E-state index in [9.17, 15) is 18.5 Å². The van der Waals surface area contributed by atoms with Crippen LogP contribution in [0.3, 0.4) is 0 Å². The van der Waals surface area contributed by atoms with Crippen molar-refractivity contribution in [1.82, 2.24) is 4.31 Å². The number of nitro groups is 1. The minimum Gasteiger partial charge on any atom is -0.326 e. The van der Waals surface area contributed by atoms with Gasteiger partial charge in [0.15, 0.2) is 0 Å². The highest BCUT2D eigenvalue weighted by molar-refractivity contribution is 7.89. The molecule has 0 amide bonds. The lowest BCUT2D eigenvalue weighted by Crippen LogP contribution is -2.33. The molecule has 7 nitrogen and oxygen atoms in total. The summed E-state index contributed by atoms with van der Waals surface area (Å²) in [6.45, 7) is 3.68. The van der Waals surface area contributed by atoms with Gasteiger partial charge in [0, 0.05) is 37.2 Å². The second-order valence-electron chi connectivity index (χ2n) is 6.67. The Kier molecular flexibility index (Phi) is 6.26. The maximum absolute atomic E-state index is 13.2. The van der Waals surface area contributed by atoms with Crippen LogP contribution in [0.1, 0.15) is 22.6 Å². The summed E-state index contributed by atoms with van der Waals surface area (Å²) in [5.74, 6) is -0.0790. The van der Waals surface area contributed by atoms with Crippen LogP contribution in [-0.4, -0.2) is 36.8 Å². The molecule has 1 aliphatic rings. The van der Waals surface area contributed by atoms with Crippen molar-refractivity contribution in [3.05, 3.63) is 69.3 Å². The molecule has 2 atom stereocenters. The lowest BCUT2D eigenvalue weighted by molar-refractivity contribution is -0.385. The van der Waals surface area contributed by atoms with Gasteiger partial charge in [0.2, 0.25) is 10.0 Å². The van der Waals surface area contributed by atoms with E-state index in [0.717, 1.165) is 5.56 Å². The van der Waals surface area contributed by atoms with E-state index in [-0.39, 0.29) is 41.5 Å². The van der Waals surface area contributed by atoms with Crippen LogP contribution in [0.4, 0.5) is 5.69 Å². The van der Waals surface area contributed by atoms with Crippen LogP contribution in [0.25, 0.3) is 0 Å². The van der Waals surface area contributed by atoms with Crippen LogP contribution in [0.2, 0.25) is 0 Å². The Morgan fingerprint density at radius 3 is 2.19 bits per heavy atom. The molecule has 1 saturated heterocycles. The predicted octanol–water partition coefficient (Wildman–Crippen LogP) is 2.75. The summed E-state index contributed by atoms with van der Waals surface area (Å²) in [6.07, 6.45) is 0. The summed E-state index contributed by atoms with van der Waals surface area (Å²) in [6, 6.07) is 11.9. The number of sulfonamides is 1. The van der Waals surface area contributed by atoms with Gasteiger partial charge in [-0.1, -0.05) is 30.3 Å². The highest BCUT2D eigenvalue weighted by Crippen LogP contribution is 2.33. The number of hydrogen-bond acceptors (Lipinski definition) is 5. The van der Waals surface area contributed by atoms with E-state index in [1.165, 1.54) is 16.4 Å². The summed E-state index contributed by atoms with van der Waals surface area (Å²) in [7, 11) is -3.79. The molecule has 0 bridgehead atoms. The molecule has 0 radical (unpaired) electrons. The molecule has 0 aliphatic carbocycles. The lowest BCUT2D eigenvalue weighted by Gasteiger charge is -2.19. The fourth-order valence-electron chi connectivity index (χ4n) is 3.61. The molecule has 2 aromatic rings. The Morgan fingerprint density at radius 2 is 1.67 bits per heavy atom. The minimum absolute atomic E-state index is 0. The molecule has 1 aliphatic heterocycles. The standard InChI is InChI=1S/C18H21N3O4S.ClH/c1-12-8-15(21(22)23)9-13(2)18(12)26(24,25)20-10-16(17(19)11-20)14-6-4-3-5-7-14;/h3-9,16-17H,10-11,19H2,1-2H3;1H/t16-,17+;/m0./s1. The summed E-state index contributed by atoms with van der Waals surface area (Å²) in [4.78, 5) is 10.6. The molecule has 2 aromatic carbocycles. The predicted molar refractivity (Wildman–Crippen MR) is 106 cm³/mol. The summed E-state index contributed by atoms with van der Waals surface area (Å²) >= 11 is 0. The number of aryl methyl sites for hydroxylation is 2. The molecular formula is C18H22ClN3O4S. The van der Waals surface area contributed by atoms with Gasteiger partial charge >= 0.3 is 0 Å². The third-order valence-electron chi connectivity index (χ3n) is 4.81. The van der Waals surface area contributed by atoms with Gasteiger partial charge in [0.1, 0.15) is 0 Å². The molecule has 9 heteroatoms. The van der Waals surface area contributed by atoms with Crippen molar-refractivity contribution < 1.29 is 13.3 Å². The Hall–Kier alpha value is -2.00. The van der Waals surface area contributed by atoms with Crippen molar-refractivity contribution in [2.45, 2.75) is 30.7 Å². The fraction of sp³-hybridized carbons (Fsp3) is 0.333. The first kappa shape index (κ1) is 21.3. The number of nitrogens with two attached hydrogens (primary N) is 1. The van der Waals surface area contributed by atoms with E-state index < -0.39 is 14.9 Å². The molecule has 0 spiro atoms. The second kappa shape index (κ2) is 7.93. The average Bonchev–Trinajstić information content (AvgIpc) is 2.97. The number of nitro benzene ring substituents is 1. The number of rotatable bonds is 4. The molecule has 1 fully saturated rings. The van der Waals surface area contributed by atoms with Crippen molar-refractivity contribution in [2.75, 3.05) is 13.1 Å². The molecule has 1 heterocycles. The summed E-state index contributed by atoms with van der Waals surface area (Å²) < 4.78 is 27.7. The molecule has 3 rings (SSSR count). The first-order chi connectivity index (χ1) is 12.2. The van der Waals surface area contributed by atoms with Crippen LogP contribution in [0.15, 0.2) is 47.4 Å². The van der Waals surface area contributed by atoms with E-state index in [1.807, 2.05) is 30.3 Å². The zero-order valence-corrected chi connectivity index (χ0v) is 16.7. The van der Waals surface area contributed by atoms with Crippen LogP contribution in [0, 0.1) is 24.0 Å². The topological polar surface area (TPSA) is 107 Å². The first-order valence-electron chi connectivity index (χ1n) is 8.28. The largest absolute Gasteiger partial charge is 0.326 e. The Morgan fingerprint density at radius 1 is 1.11 bits per heavy atom. The van der Waals surface area contributed by atoms with Gasteiger partial charge in [-0.2, -0.15) is 4.31 Å². The molecule has 146 valence electrons. The minimum atomic E-state index is -3.79. The Bertz CT molecular complexity index is 927. The van der Waals surface area contributed by atoms with Gasteiger partial charge in [0.05, 0.1) is 9.82 Å². The maximum atomic E-state index is 13.2. The number of hydrogen-bond donors (Lipinski definition) is 1. The maximum Gasteiger partial charge on any atom is 0.270 e. The number of non-ortho nitro benzene ring substituents is 1. The third-order valence-corrected chi connectivity index (χ3v) is 6.95. The molecule has 0 aromatic heterocycles. The molecular weight excluding hydrogens is 390 g/mol. The number of nitrogens with zero attached hydrogens (tertiary/aromatic N) is 2. The molecule has 0 unspecified atom stereocenters. The van der Waals surface area contributed by atoms with Crippen molar-refractivity contribution in [3.8, 4) is 0 Å². The van der Waals surface area contributed by atoms with Crippen molar-refractivity contribution >= 4 is 28.1 Å². The van der Waals surface area contributed by atoms with E-state index in [4.69, 9.17) is 5.73 Å². The van der Waals surface area contributed by atoms with E-state index in [1.54, 1.807) is 13.8 Å². The first-order valence-corrected chi connectivity index (χ1v) is 9.72. The number of benzene rings is 2. The van der Waals surface area contributed by atoms with Crippen LogP contribution in [-0.2, 0) is 10.0 Å². The van der Waals surface area contributed by atoms with Gasteiger partial charge in [0.25, 0.3) is 5.69 Å². The van der Waals surface area contributed by atoms with E-state index in [0.29, 0.717) is 17.7 Å². The van der Waals surface area contributed by atoms with Gasteiger partial charge in [-0.3, -0.25) is 10.1 Å². The average molecular weight is 412 g/mol. The van der Waals surface area contributed by atoms with Gasteiger partial charge in [-0.15, -0.1) is 12.4 Å². The summed E-state index contributed by atoms with van der Waals surface area (Å²) in [5.41, 5.74) is 7.86. The van der Waals surface area contributed by atoms with Crippen molar-refractivity contribution in [2.24, 2.45) is 5.73 Å². The van der Waals surface area contributed by atoms with Crippen molar-refractivity contribution in [1.29, 1.82) is 0 Å². The van der Waals surface area contributed by atoms with Crippen LogP contribution in [0.5, 0.6) is 0 Å². The fourth-order valence-corrected chi connectivity index (χ4v) is 5.52. The molecule has 0 saturated carbocycles. The van der Waals surface area contributed by atoms with Gasteiger partial charge in [-0.25, -0.2) is 8.42 Å². The van der Waals surface area contributed by atoms with Crippen LogP contribution < -0.4 is 5.73 Å². The Balaban J connectivity index is 0.00000261. The zero-order valence-electron chi connectivity index (χ0n) is 15.0. The SMILES string of the molecule is Cc1cc([N+](=O)[O-])cc(C)c1S(=O)(=O)N1C[C@@H](N)[C@H](c2ccccc2)C1.Cl. The normalized spacial score (nSPS) is 20.3. The number of halogens is 1. The monoisotopic (exact) mass is 411 g/mol. The quantitative estimate of drug-likeness (QED) is 0.614. The highest BCUT2D eigenvalue weighted by atomic mass is 35.5. The molecule has 27 heavy (non-hydrogen) atoms. The van der Waals surface area contributed by atoms with E-state index in [2.05, 4.69) is 0 Å². The zero-order chi connectivity index (χ0) is 19.1. The highest BCUT2D eigenvalue weighted by Gasteiger charge is 2.39. The summed E-state index contributed by atoms with van der Waals surface area (Å²) in [5, 5.41) is 11.0.